The van der Waals surface area contributed by atoms with Crippen molar-refractivity contribution in [2.45, 2.75) is 19.1 Å². The molecule has 4 rings (SSSR count). The molecule has 0 heterocycles. The molecule has 0 aliphatic heterocycles. The molecule has 3 N–H and O–H groups in total. The molecule has 29 heavy (non-hydrogen) atoms. The van der Waals surface area contributed by atoms with E-state index in [2.05, 4.69) is 72.9 Å². The first-order valence-corrected chi connectivity index (χ1v) is 9.94. The number of nitrogens with two attached hydrogens (primary N) is 1. The lowest BCUT2D eigenvalue weighted by atomic mass is 9.93. The van der Waals surface area contributed by atoms with E-state index in [0.717, 1.165) is 33.5 Å². The fourth-order valence-electron chi connectivity index (χ4n) is 3.69. The second-order valence-corrected chi connectivity index (χ2v) is 7.30. The van der Waals surface area contributed by atoms with Crippen LogP contribution >= 0.6 is 0 Å². The number of rotatable bonds is 6. The van der Waals surface area contributed by atoms with Gasteiger partial charge in [0.05, 0.1) is 0 Å². The normalized spacial score (nSPS) is 13.2. The van der Waals surface area contributed by atoms with Crippen LogP contribution in [0.3, 0.4) is 0 Å². The third kappa shape index (κ3) is 3.96. The van der Waals surface area contributed by atoms with Crippen LogP contribution < -0.4 is 15.8 Å². The summed E-state index contributed by atoms with van der Waals surface area (Å²) in [6, 6.07) is 31.1. The molecule has 146 valence electrons. The number of fused-ring (bicyclic) bond motifs is 1. The van der Waals surface area contributed by atoms with Crippen LogP contribution in [-0.2, 0) is 0 Å². The molecule has 4 aromatic rings. The van der Waals surface area contributed by atoms with Crippen LogP contribution in [-0.4, -0.2) is 13.1 Å². The highest BCUT2D eigenvalue weighted by Crippen LogP contribution is 2.35. The van der Waals surface area contributed by atoms with Crippen LogP contribution in [0.25, 0.3) is 21.9 Å². The van der Waals surface area contributed by atoms with Crippen molar-refractivity contribution in [2.75, 3.05) is 12.8 Å². The number of nitrogens with one attached hydrogen (secondary N) is 1. The summed E-state index contributed by atoms with van der Waals surface area (Å²) in [5.41, 5.74) is 10.1. The Kier molecular flexibility index (Phi) is 5.50. The molecule has 0 spiro atoms. The summed E-state index contributed by atoms with van der Waals surface area (Å²) >= 11 is 0. The van der Waals surface area contributed by atoms with Gasteiger partial charge in [-0.05, 0) is 48.7 Å². The van der Waals surface area contributed by atoms with Crippen LogP contribution in [0.15, 0.2) is 91.0 Å². The average molecular weight is 383 g/mol. The minimum absolute atomic E-state index is 0.115. The van der Waals surface area contributed by atoms with E-state index in [-0.39, 0.29) is 12.1 Å². The molecular weight excluding hydrogens is 356 g/mol. The Morgan fingerprint density at radius 1 is 0.793 bits per heavy atom. The minimum Gasteiger partial charge on any atom is -0.483 e. The molecule has 4 aromatic carbocycles. The van der Waals surface area contributed by atoms with E-state index in [0.29, 0.717) is 0 Å². The van der Waals surface area contributed by atoms with Gasteiger partial charge >= 0.3 is 0 Å². The highest BCUT2D eigenvalue weighted by molar-refractivity contribution is 5.88. The lowest BCUT2D eigenvalue weighted by molar-refractivity contribution is 0.169. The van der Waals surface area contributed by atoms with Gasteiger partial charge in [0.2, 0.25) is 0 Å². The zero-order valence-electron chi connectivity index (χ0n) is 16.8. The van der Waals surface area contributed by atoms with Crippen LogP contribution in [0, 0.1) is 0 Å². The van der Waals surface area contributed by atoms with Gasteiger partial charge in [0, 0.05) is 22.7 Å². The van der Waals surface area contributed by atoms with Gasteiger partial charge in [0.15, 0.2) is 0 Å². The van der Waals surface area contributed by atoms with Crippen LogP contribution in [0.2, 0.25) is 0 Å². The van der Waals surface area contributed by atoms with E-state index in [9.17, 15) is 0 Å². The summed E-state index contributed by atoms with van der Waals surface area (Å²) in [5, 5.41) is 5.67. The number of hydrogen-bond donors (Lipinski definition) is 2. The van der Waals surface area contributed by atoms with Crippen molar-refractivity contribution in [1.29, 1.82) is 0 Å². The number of anilines is 1. The summed E-state index contributed by atoms with van der Waals surface area (Å²) in [6.45, 7) is 2.15. The summed E-state index contributed by atoms with van der Waals surface area (Å²) in [5.74, 6) is 0.891. The summed E-state index contributed by atoms with van der Waals surface area (Å²) < 4.78 is 6.67. The maximum absolute atomic E-state index is 6.67. The molecule has 3 nitrogen and oxygen atoms in total. The first-order valence-electron chi connectivity index (χ1n) is 9.94. The van der Waals surface area contributed by atoms with Gasteiger partial charge in [-0.25, -0.2) is 0 Å². The van der Waals surface area contributed by atoms with E-state index in [1.165, 1.54) is 5.39 Å². The largest absolute Gasteiger partial charge is 0.483 e. The van der Waals surface area contributed by atoms with Gasteiger partial charge in [-0.15, -0.1) is 0 Å². The van der Waals surface area contributed by atoms with Crippen LogP contribution in [0.5, 0.6) is 5.75 Å². The van der Waals surface area contributed by atoms with E-state index < -0.39 is 0 Å². The summed E-state index contributed by atoms with van der Waals surface area (Å²) in [6.07, 6.45) is -0.153. The fraction of sp³-hybridized carbons (Fsp3) is 0.154. The molecule has 0 amide bonds. The lowest BCUT2D eigenvalue weighted by Crippen LogP contribution is -2.32. The second-order valence-electron chi connectivity index (χ2n) is 7.30. The smallest absolute Gasteiger partial charge is 0.139 e. The van der Waals surface area contributed by atoms with Crippen LogP contribution in [0.1, 0.15) is 18.6 Å². The standard InChI is InChI=1S/C26H26N2O/c1-18(28-2)26(29-25-13-7-9-19-8-3-4-11-23(19)25)24-12-6-5-10-22(24)20-14-16-21(27)17-15-20/h3-18,26,28H,27H2,1-2H3. The van der Waals surface area contributed by atoms with Crippen molar-refractivity contribution in [3.8, 4) is 16.9 Å². The molecule has 2 unspecified atom stereocenters. The maximum atomic E-state index is 6.67. The molecule has 0 radical (unpaired) electrons. The average Bonchev–Trinajstić information content (AvgIpc) is 2.77. The Hall–Kier alpha value is -3.30. The quantitative estimate of drug-likeness (QED) is 0.413. The Labute approximate surface area is 172 Å². The summed E-state index contributed by atoms with van der Waals surface area (Å²) in [4.78, 5) is 0. The fourth-order valence-corrected chi connectivity index (χ4v) is 3.69. The third-order valence-corrected chi connectivity index (χ3v) is 5.40. The van der Waals surface area contributed by atoms with Crippen molar-refractivity contribution < 1.29 is 4.74 Å². The topological polar surface area (TPSA) is 47.3 Å². The van der Waals surface area contributed by atoms with Gasteiger partial charge in [-0.2, -0.15) is 0 Å². The predicted octanol–water partition coefficient (Wildman–Crippen LogP) is 5.82. The molecule has 0 saturated heterocycles. The van der Waals surface area contributed by atoms with Gasteiger partial charge in [0.1, 0.15) is 11.9 Å². The van der Waals surface area contributed by atoms with E-state index in [4.69, 9.17) is 10.5 Å². The van der Waals surface area contributed by atoms with Gasteiger partial charge < -0.3 is 15.8 Å². The Bertz CT molecular complexity index is 1100. The van der Waals surface area contributed by atoms with Crippen molar-refractivity contribution in [2.24, 2.45) is 0 Å². The number of ether oxygens (including phenoxy) is 1. The Morgan fingerprint density at radius 3 is 2.28 bits per heavy atom. The SMILES string of the molecule is CNC(C)C(Oc1cccc2ccccc12)c1ccccc1-c1ccc(N)cc1. The van der Waals surface area contributed by atoms with E-state index >= 15 is 0 Å². The second kappa shape index (κ2) is 8.38. The number of hydrogen-bond acceptors (Lipinski definition) is 3. The number of benzene rings is 4. The van der Waals surface area contributed by atoms with E-state index in [1.807, 2.05) is 37.4 Å². The molecule has 0 bridgehead atoms. The monoisotopic (exact) mass is 382 g/mol. The number of nitrogen functional groups attached to an aromatic ring is 1. The molecule has 0 aliphatic carbocycles. The van der Waals surface area contributed by atoms with Crippen molar-refractivity contribution in [1.82, 2.24) is 5.32 Å². The highest BCUT2D eigenvalue weighted by atomic mass is 16.5. The number of likely N-dealkylation sites (N-methyl/N-ethyl adjacent to an activating group) is 1. The van der Waals surface area contributed by atoms with Crippen molar-refractivity contribution >= 4 is 16.5 Å². The third-order valence-electron chi connectivity index (χ3n) is 5.40. The Balaban J connectivity index is 1.80. The molecule has 0 fully saturated rings. The zero-order chi connectivity index (χ0) is 20.2. The highest BCUT2D eigenvalue weighted by Gasteiger charge is 2.24. The van der Waals surface area contributed by atoms with Gasteiger partial charge in [-0.3, -0.25) is 0 Å². The van der Waals surface area contributed by atoms with Gasteiger partial charge in [0.25, 0.3) is 0 Å². The van der Waals surface area contributed by atoms with Crippen LogP contribution in [0.4, 0.5) is 5.69 Å². The van der Waals surface area contributed by atoms with Crippen molar-refractivity contribution in [3.63, 3.8) is 0 Å². The van der Waals surface area contributed by atoms with Crippen molar-refractivity contribution in [3.05, 3.63) is 96.6 Å². The molecular formula is C26H26N2O. The maximum Gasteiger partial charge on any atom is 0.139 e. The first-order chi connectivity index (χ1) is 14.2. The molecule has 0 aliphatic rings. The predicted molar refractivity (Wildman–Crippen MR) is 122 cm³/mol. The molecule has 0 aromatic heterocycles. The van der Waals surface area contributed by atoms with Gasteiger partial charge in [-0.1, -0.05) is 72.8 Å². The minimum atomic E-state index is -0.153. The van der Waals surface area contributed by atoms with E-state index in [1.54, 1.807) is 0 Å². The molecule has 2 atom stereocenters. The molecule has 0 saturated carbocycles. The first kappa shape index (κ1) is 19.0. The lowest BCUT2D eigenvalue weighted by Gasteiger charge is -2.28. The summed E-state index contributed by atoms with van der Waals surface area (Å²) in [7, 11) is 1.97. The molecule has 3 heteroatoms. The zero-order valence-corrected chi connectivity index (χ0v) is 16.8. The Morgan fingerprint density at radius 2 is 1.48 bits per heavy atom.